The van der Waals surface area contributed by atoms with Crippen LogP contribution >= 0.6 is 0 Å². The molecule has 2 N–H and O–H groups in total. The number of carbonyl (C=O) groups excluding carboxylic acids is 2. The number of fused-ring (bicyclic) bond motifs is 1. The van der Waals surface area contributed by atoms with Gasteiger partial charge in [0.15, 0.2) is 0 Å². The first-order valence-electron chi connectivity index (χ1n) is 12.9. The number of hydrogen-bond acceptors (Lipinski definition) is 7. The lowest BCUT2D eigenvalue weighted by Crippen LogP contribution is -2.54. The van der Waals surface area contributed by atoms with E-state index >= 15 is 0 Å². The van der Waals surface area contributed by atoms with Gasteiger partial charge in [-0.05, 0) is 49.9 Å². The molecule has 1 aliphatic heterocycles. The molecule has 3 aliphatic rings. The predicted molar refractivity (Wildman–Crippen MR) is 137 cm³/mol. The molecule has 0 spiro atoms. The molecule has 3 fully saturated rings. The zero-order valence-electron chi connectivity index (χ0n) is 20.7. The first-order valence-corrected chi connectivity index (χ1v) is 12.9. The third-order valence-corrected chi connectivity index (χ3v) is 7.51. The summed E-state index contributed by atoms with van der Waals surface area (Å²) in [6.45, 7) is 3.20. The van der Waals surface area contributed by atoms with Gasteiger partial charge in [0.25, 0.3) is 5.91 Å². The summed E-state index contributed by atoms with van der Waals surface area (Å²) in [4.78, 5) is 32.1. The number of aryl methyl sites for hydroxylation is 1. The molecule has 0 unspecified atom stereocenters. The van der Waals surface area contributed by atoms with Gasteiger partial charge in [-0.25, -0.2) is 8.91 Å². The van der Waals surface area contributed by atoms with E-state index in [1.165, 1.54) is 0 Å². The van der Waals surface area contributed by atoms with Crippen molar-refractivity contribution in [2.75, 3.05) is 23.3 Å². The number of amides is 2. The van der Waals surface area contributed by atoms with Gasteiger partial charge in [-0.15, -0.1) is 0 Å². The first kappa shape index (κ1) is 22.9. The van der Waals surface area contributed by atoms with Gasteiger partial charge in [0.1, 0.15) is 6.17 Å². The Morgan fingerprint density at radius 3 is 2.74 bits per heavy atom. The van der Waals surface area contributed by atoms with Gasteiger partial charge in [0.05, 0.1) is 29.1 Å². The van der Waals surface area contributed by atoms with Gasteiger partial charge in [-0.3, -0.25) is 9.59 Å². The van der Waals surface area contributed by atoms with E-state index in [0.717, 1.165) is 24.1 Å². The molecule has 3 aromatic heterocycles. The standard InChI is InChI=1S/C27H26FN7O3/c1-14-2-3-15(24-32-27(38-33-24)19-10-21(19)28)8-22(14)31-26(37)20-11-29-35-7-6-18(9-23(20)35)34-12-16(13-34)25(36)30-17-4-5-17/h2-3,6-9,11,16-17,19,21H,4-5,10,12-13H2,1H3,(H,30,36)(H,31,37)/t19-,21-/m0/s1. The maximum Gasteiger partial charge on any atom is 0.259 e. The molecular weight excluding hydrogens is 489 g/mol. The average Bonchev–Trinajstić information content (AvgIpc) is 3.72. The van der Waals surface area contributed by atoms with E-state index in [0.29, 0.717) is 59.6 Å². The molecule has 38 heavy (non-hydrogen) atoms. The minimum Gasteiger partial charge on any atom is -0.370 e. The normalized spacial score (nSPS) is 20.8. The van der Waals surface area contributed by atoms with Crippen LogP contribution in [0.3, 0.4) is 0 Å². The van der Waals surface area contributed by atoms with Crippen LogP contribution in [0.5, 0.6) is 0 Å². The summed E-state index contributed by atoms with van der Waals surface area (Å²) in [6.07, 6.45) is 5.01. The molecule has 1 aromatic carbocycles. The van der Waals surface area contributed by atoms with Gasteiger partial charge in [0.2, 0.25) is 17.6 Å². The van der Waals surface area contributed by atoms with Crippen LogP contribution in [-0.2, 0) is 4.79 Å². The summed E-state index contributed by atoms with van der Waals surface area (Å²) < 4.78 is 20.3. The lowest BCUT2D eigenvalue weighted by molar-refractivity contribution is -0.125. The van der Waals surface area contributed by atoms with Gasteiger partial charge in [-0.2, -0.15) is 10.1 Å². The van der Waals surface area contributed by atoms with Crippen LogP contribution in [0.1, 0.15) is 47.0 Å². The highest BCUT2D eigenvalue weighted by Crippen LogP contribution is 2.43. The molecule has 11 heteroatoms. The second-order valence-electron chi connectivity index (χ2n) is 10.5. The molecule has 0 bridgehead atoms. The number of nitrogens with zero attached hydrogens (tertiary/aromatic N) is 5. The molecule has 2 atom stereocenters. The first-order chi connectivity index (χ1) is 18.4. The van der Waals surface area contributed by atoms with Crippen LogP contribution in [-0.4, -0.2) is 56.9 Å². The lowest BCUT2D eigenvalue weighted by atomic mass is 9.98. The zero-order chi connectivity index (χ0) is 26.0. The van der Waals surface area contributed by atoms with Crippen LogP contribution in [0.15, 0.2) is 47.2 Å². The van der Waals surface area contributed by atoms with Crippen LogP contribution < -0.4 is 15.5 Å². The second-order valence-corrected chi connectivity index (χ2v) is 10.5. The van der Waals surface area contributed by atoms with Crippen molar-refractivity contribution in [2.45, 2.75) is 44.3 Å². The number of rotatable bonds is 7. The molecule has 2 saturated carbocycles. The molecule has 2 aliphatic carbocycles. The van der Waals surface area contributed by atoms with E-state index in [9.17, 15) is 14.0 Å². The highest BCUT2D eigenvalue weighted by molar-refractivity contribution is 6.09. The fourth-order valence-electron chi connectivity index (χ4n) is 4.75. The summed E-state index contributed by atoms with van der Waals surface area (Å²) in [7, 11) is 0. The topological polar surface area (TPSA) is 118 Å². The molecule has 194 valence electrons. The monoisotopic (exact) mass is 515 g/mol. The quantitative estimate of drug-likeness (QED) is 0.387. The molecule has 4 heterocycles. The highest BCUT2D eigenvalue weighted by atomic mass is 19.1. The molecule has 10 nitrogen and oxygen atoms in total. The highest BCUT2D eigenvalue weighted by Gasteiger charge is 2.43. The number of nitrogens with one attached hydrogen (secondary N) is 2. The van der Waals surface area contributed by atoms with Crippen molar-refractivity contribution in [2.24, 2.45) is 5.92 Å². The number of pyridine rings is 1. The Bertz CT molecular complexity index is 1570. The van der Waals surface area contributed by atoms with Crippen LogP contribution in [0.25, 0.3) is 16.9 Å². The number of anilines is 2. The minimum atomic E-state index is -0.920. The summed E-state index contributed by atoms with van der Waals surface area (Å²) in [5.74, 6) is 0.167. The van der Waals surface area contributed by atoms with Crippen molar-refractivity contribution in [3.63, 3.8) is 0 Å². The van der Waals surface area contributed by atoms with Gasteiger partial charge in [0, 0.05) is 42.3 Å². The maximum absolute atomic E-state index is 13.4. The van der Waals surface area contributed by atoms with E-state index in [2.05, 4.69) is 30.8 Å². The number of hydrogen-bond donors (Lipinski definition) is 2. The summed E-state index contributed by atoms with van der Waals surface area (Å²) in [5.41, 5.74) is 4.19. The van der Waals surface area contributed by atoms with Crippen LogP contribution in [0.2, 0.25) is 0 Å². The molecule has 4 aromatic rings. The lowest BCUT2D eigenvalue weighted by Gasteiger charge is -2.40. The van der Waals surface area contributed by atoms with Gasteiger partial charge >= 0.3 is 0 Å². The number of alkyl halides is 1. The summed E-state index contributed by atoms with van der Waals surface area (Å²) >= 11 is 0. The SMILES string of the molecule is Cc1ccc(-c2noc([C@H]3C[C@@H]3F)n2)cc1NC(=O)c1cnn2ccc(N3CC(C(=O)NC4CC4)C3)cc12. The summed E-state index contributed by atoms with van der Waals surface area (Å²) in [5, 5.41) is 14.4. The smallest absolute Gasteiger partial charge is 0.259 e. The molecule has 1 saturated heterocycles. The summed E-state index contributed by atoms with van der Waals surface area (Å²) in [6, 6.07) is 9.72. The zero-order valence-corrected chi connectivity index (χ0v) is 20.7. The molecular formula is C27H26FN7O3. The third-order valence-electron chi connectivity index (χ3n) is 7.51. The molecule has 7 rings (SSSR count). The second kappa shape index (κ2) is 8.64. The number of halogens is 1. The number of aromatic nitrogens is 4. The van der Waals surface area contributed by atoms with Crippen molar-refractivity contribution in [3.8, 4) is 11.4 Å². The van der Waals surface area contributed by atoms with Crippen molar-refractivity contribution < 1.29 is 18.5 Å². The average molecular weight is 516 g/mol. The van der Waals surface area contributed by atoms with Gasteiger partial charge < -0.3 is 20.1 Å². The Morgan fingerprint density at radius 2 is 1.97 bits per heavy atom. The van der Waals surface area contributed by atoms with Crippen LogP contribution in [0, 0.1) is 12.8 Å². The Morgan fingerprint density at radius 1 is 1.16 bits per heavy atom. The Balaban J connectivity index is 1.08. The number of benzene rings is 1. The van der Waals surface area contributed by atoms with Crippen molar-refractivity contribution in [3.05, 3.63) is 59.7 Å². The van der Waals surface area contributed by atoms with Crippen molar-refractivity contribution in [1.29, 1.82) is 0 Å². The van der Waals surface area contributed by atoms with Gasteiger partial charge in [-0.1, -0.05) is 17.3 Å². The minimum absolute atomic E-state index is 0.00674. The third kappa shape index (κ3) is 4.17. The fourth-order valence-corrected chi connectivity index (χ4v) is 4.75. The van der Waals surface area contributed by atoms with E-state index in [-0.39, 0.29) is 23.7 Å². The van der Waals surface area contributed by atoms with Crippen LogP contribution in [0.4, 0.5) is 15.8 Å². The number of carbonyl (C=O) groups is 2. The predicted octanol–water partition coefficient (Wildman–Crippen LogP) is 3.49. The Kier molecular flexibility index (Phi) is 5.20. The Labute approximate surface area is 217 Å². The fraction of sp³-hybridized carbons (Fsp3) is 0.370. The molecule has 2 amide bonds. The Hall–Kier alpha value is -4.28. The van der Waals surface area contributed by atoms with E-state index in [4.69, 9.17) is 4.52 Å². The van der Waals surface area contributed by atoms with E-state index in [1.54, 1.807) is 16.8 Å². The van der Waals surface area contributed by atoms with E-state index < -0.39 is 6.17 Å². The van der Waals surface area contributed by atoms with Crippen molar-refractivity contribution in [1.82, 2.24) is 25.1 Å². The van der Waals surface area contributed by atoms with Crippen molar-refractivity contribution >= 4 is 28.7 Å². The maximum atomic E-state index is 13.4. The van der Waals surface area contributed by atoms with E-state index in [1.807, 2.05) is 37.4 Å². The molecule has 0 radical (unpaired) electrons. The largest absolute Gasteiger partial charge is 0.370 e.